The highest BCUT2D eigenvalue weighted by Gasteiger charge is 2.52. The predicted octanol–water partition coefficient (Wildman–Crippen LogP) is 4.00. The Morgan fingerprint density at radius 2 is 1.61 bits per heavy atom. The third kappa shape index (κ3) is 4.00. The van der Waals surface area contributed by atoms with E-state index in [1.165, 1.54) is 6.07 Å². The fourth-order valence-electron chi connectivity index (χ4n) is 4.47. The van der Waals surface area contributed by atoms with E-state index in [0.717, 1.165) is 16.4 Å². The van der Waals surface area contributed by atoms with Gasteiger partial charge in [0.2, 0.25) is 0 Å². The quantitative estimate of drug-likeness (QED) is 0.522. The molecule has 2 fully saturated rings. The third-order valence-corrected chi connectivity index (χ3v) is 6.46. The number of rotatable bonds is 5. The number of Topliss-reactive ketones (excluding diaryl/α,β-unsaturated/α-hetero) is 1. The van der Waals surface area contributed by atoms with Crippen molar-refractivity contribution in [2.24, 2.45) is 17.8 Å². The van der Waals surface area contributed by atoms with Crippen molar-refractivity contribution in [3.63, 3.8) is 0 Å². The Morgan fingerprint density at radius 1 is 0.968 bits per heavy atom. The zero-order valence-electron chi connectivity index (χ0n) is 17.2. The number of hydrogen-bond acceptors (Lipinski definition) is 4. The van der Waals surface area contributed by atoms with Gasteiger partial charge >= 0.3 is 0 Å². The molecule has 1 saturated carbocycles. The van der Waals surface area contributed by atoms with Crippen molar-refractivity contribution in [3.05, 3.63) is 70.7 Å². The molecule has 3 amide bonds. The first-order chi connectivity index (χ1) is 14.9. The summed E-state index contributed by atoms with van der Waals surface area (Å²) in [6, 6.07) is 14.9. The number of hydrogen-bond donors (Lipinski definition) is 0. The van der Waals surface area contributed by atoms with Gasteiger partial charge < -0.3 is 0 Å². The average molecular weight is 439 g/mol. The summed E-state index contributed by atoms with van der Waals surface area (Å²) in [5.41, 5.74) is 0.526. The summed E-state index contributed by atoms with van der Waals surface area (Å²) in [6.45, 7) is 1.63. The standard InChI is InChI=1S/C24H23ClN2O4/c1-15-11-12-17-19(13-15)24(31)27(23(17)30)26(14-21(28)16-7-3-2-4-8-16)22(29)18-9-5-6-10-20(18)25/h2-10,15,17,19H,11-14H2,1H3/t15-,17-,19-/m1/s1. The lowest BCUT2D eigenvalue weighted by Crippen LogP contribution is -2.52. The van der Waals surface area contributed by atoms with Crippen molar-refractivity contribution in [1.82, 2.24) is 10.0 Å². The van der Waals surface area contributed by atoms with E-state index in [1.807, 2.05) is 0 Å². The summed E-state index contributed by atoms with van der Waals surface area (Å²) in [6.07, 6.45) is 2.07. The number of carbonyl (C=O) groups is 4. The molecule has 0 N–H and O–H groups in total. The maximum atomic E-state index is 13.4. The normalized spacial score (nSPS) is 22.9. The SMILES string of the molecule is C[C@@H]1CC[C@H]2C(=O)N(N(CC(=O)c3ccccc3)C(=O)c3ccccc3Cl)C(=O)[C@@H]2C1. The molecule has 3 atom stereocenters. The number of nitrogens with zero attached hydrogens (tertiary/aromatic N) is 2. The Hall–Kier alpha value is -2.99. The minimum Gasteiger partial charge on any atom is -0.292 e. The van der Waals surface area contributed by atoms with Gasteiger partial charge in [0.15, 0.2) is 5.78 Å². The van der Waals surface area contributed by atoms with E-state index >= 15 is 0 Å². The minimum atomic E-state index is -0.650. The van der Waals surface area contributed by atoms with Crippen LogP contribution < -0.4 is 0 Å². The first kappa shape index (κ1) is 21.2. The van der Waals surface area contributed by atoms with Crippen LogP contribution in [-0.2, 0) is 9.59 Å². The van der Waals surface area contributed by atoms with E-state index in [9.17, 15) is 19.2 Å². The van der Waals surface area contributed by atoms with Crippen LogP contribution in [0.2, 0.25) is 5.02 Å². The number of ketones is 1. The predicted molar refractivity (Wildman–Crippen MR) is 115 cm³/mol. The van der Waals surface area contributed by atoms with Crippen molar-refractivity contribution in [3.8, 4) is 0 Å². The molecule has 0 unspecified atom stereocenters. The minimum absolute atomic E-state index is 0.133. The Bertz CT molecular complexity index is 1040. The number of fused-ring (bicyclic) bond motifs is 1. The molecule has 1 aliphatic carbocycles. The fourth-order valence-corrected chi connectivity index (χ4v) is 4.69. The molecule has 2 aliphatic rings. The Morgan fingerprint density at radius 3 is 2.32 bits per heavy atom. The summed E-state index contributed by atoms with van der Waals surface area (Å²) in [4.78, 5) is 52.8. The van der Waals surface area contributed by atoms with Crippen LogP contribution in [0, 0.1) is 17.8 Å². The summed E-state index contributed by atoms with van der Waals surface area (Å²) >= 11 is 6.22. The van der Waals surface area contributed by atoms with Crippen LogP contribution in [0.4, 0.5) is 0 Å². The molecule has 0 radical (unpaired) electrons. The molecule has 160 valence electrons. The second-order valence-corrected chi connectivity index (χ2v) is 8.66. The molecule has 6 nitrogen and oxygen atoms in total. The van der Waals surface area contributed by atoms with Gasteiger partial charge in [-0.15, -0.1) is 0 Å². The lowest BCUT2D eigenvalue weighted by atomic mass is 9.76. The molecule has 2 aromatic rings. The second kappa shape index (κ2) is 8.63. The maximum absolute atomic E-state index is 13.4. The van der Waals surface area contributed by atoms with Gasteiger partial charge in [0, 0.05) is 5.56 Å². The van der Waals surface area contributed by atoms with E-state index in [1.54, 1.807) is 48.5 Å². The summed E-state index contributed by atoms with van der Waals surface area (Å²) < 4.78 is 0. The summed E-state index contributed by atoms with van der Waals surface area (Å²) in [5.74, 6) is -2.42. The topological polar surface area (TPSA) is 74.8 Å². The van der Waals surface area contributed by atoms with Gasteiger partial charge in [0.25, 0.3) is 17.7 Å². The van der Waals surface area contributed by atoms with E-state index < -0.39 is 36.1 Å². The van der Waals surface area contributed by atoms with Crippen molar-refractivity contribution in [2.45, 2.75) is 26.2 Å². The van der Waals surface area contributed by atoms with Gasteiger partial charge in [-0.1, -0.05) is 61.0 Å². The molecular weight excluding hydrogens is 416 g/mol. The highest BCUT2D eigenvalue weighted by molar-refractivity contribution is 6.34. The zero-order valence-corrected chi connectivity index (χ0v) is 17.9. The smallest absolute Gasteiger partial charge is 0.274 e. The van der Waals surface area contributed by atoms with E-state index in [2.05, 4.69) is 6.92 Å². The molecule has 0 aromatic heterocycles. The molecule has 1 saturated heterocycles. The van der Waals surface area contributed by atoms with Gasteiger partial charge in [0.1, 0.15) is 6.54 Å². The highest BCUT2D eigenvalue weighted by atomic mass is 35.5. The van der Waals surface area contributed by atoms with Gasteiger partial charge in [-0.2, -0.15) is 5.01 Å². The van der Waals surface area contributed by atoms with Gasteiger partial charge in [-0.05, 0) is 37.3 Å². The molecule has 2 aromatic carbocycles. The molecule has 0 bridgehead atoms. The van der Waals surface area contributed by atoms with Crippen LogP contribution in [0.15, 0.2) is 54.6 Å². The van der Waals surface area contributed by atoms with Crippen LogP contribution in [0.3, 0.4) is 0 Å². The van der Waals surface area contributed by atoms with Crippen LogP contribution >= 0.6 is 11.6 Å². The number of carbonyl (C=O) groups excluding carboxylic acids is 4. The Balaban J connectivity index is 1.71. The van der Waals surface area contributed by atoms with Crippen LogP contribution in [-0.4, -0.2) is 40.1 Å². The van der Waals surface area contributed by atoms with Crippen molar-refractivity contribution < 1.29 is 19.2 Å². The van der Waals surface area contributed by atoms with Crippen molar-refractivity contribution in [2.75, 3.05) is 6.54 Å². The summed E-state index contributed by atoms with van der Waals surface area (Å²) in [5, 5.41) is 2.07. The largest absolute Gasteiger partial charge is 0.292 e. The number of amides is 3. The zero-order chi connectivity index (χ0) is 22.1. The lowest BCUT2D eigenvalue weighted by Gasteiger charge is -2.30. The number of halogens is 1. The molecule has 0 spiro atoms. The molecule has 1 heterocycles. The Kier molecular flexibility index (Phi) is 5.92. The van der Waals surface area contributed by atoms with Crippen molar-refractivity contribution >= 4 is 35.1 Å². The molecule has 7 heteroatoms. The molecule has 1 aliphatic heterocycles. The third-order valence-electron chi connectivity index (χ3n) is 6.13. The maximum Gasteiger partial charge on any atom is 0.274 e. The van der Waals surface area contributed by atoms with Gasteiger partial charge in [-0.3, -0.25) is 19.2 Å². The van der Waals surface area contributed by atoms with Gasteiger partial charge in [0.05, 0.1) is 22.4 Å². The van der Waals surface area contributed by atoms with Crippen LogP contribution in [0.1, 0.15) is 46.9 Å². The van der Waals surface area contributed by atoms with E-state index in [-0.39, 0.29) is 16.4 Å². The van der Waals surface area contributed by atoms with Crippen molar-refractivity contribution in [1.29, 1.82) is 0 Å². The first-order valence-corrected chi connectivity index (χ1v) is 10.8. The highest BCUT2D eigenvalue weighted by Crippen LogP contribution is 2.41. The van der Waals surface area contributed by atoms with Crippen LogP contribution in [0.25, 0.3) is 0 Å². The number of benzene rings is 2. The molecule has 31 heavy (non-hydrogen) atoms. The molecule has 4 rings (SSSR count). The average Bonchev–Trinajstić information content (AvgIpc) is 3.02. The Labute approximate surface area is 185 Å². The second-order valence-electron chi connectivity index (χ2n) is 8.25. The monoisotopic (exact) mass is 438 g/mol. The van der Waals surface area contributed by atoms with Crippen LogP contribution in [0.5, 0.6) is 0 Å². The van der Waals surface area contributed by atoms with Gasteiger partial charge in [-0.25, -0.2) is 5.01 Å². The van der Waals surface area contributed by atoms with E-state index in [4.69, 9.17) is 11.6 Å². The first-order valence-electron chi connectivity index (χ1n) is 10.4. The number of imide groups is 1. The molecular formula is C24H23ClN2O4. The fraction of sp³-hybridized carbons (Fsp3) is 0.333. The van der Waals surface area contributed by atoms with E-state index in [0.29, 0.717) is 24.3 Å². The lowest BCUT2D eigenvalue weighted by molar-refractivity contribution is -0.154. The number of hydrazine groups is 1. The summed E-state index contributed by atoms with van der Waals surface area (Å²) in [7, 11) is 0.